The normalized spacial score (nSPS) is 12.0. The molecule has 0 aliphatic rings. The van der Waals surface area contributed by atoms with E-state index in [0.717, 1.165) is 17.2 Å². The molecule has 0 radical (unpaired) electrons. The maximum Gasteiger partial charge on any atom is 0.420 e. The lowest BCUT2D eigenvalue weighted by molar-refractivity contribution is -0.139. The molecule has 0 bridgehead atoms. The molecule has 2 rings (SSSR count). The maximum absolute atomic E-state index is 13.4. The molecule has 7 heteroatoms. The van der Waals surface area contributed by atoms with Gasteiger partial charge in [-0.05, 0) is 37.1 Å². The number of hydrogen-bond donors (Lipinski definition) is 1. The number of alkyl halides is 3. The summed E-state index contributed by atoms with van der Waals surface area (Å²) in [4.78, 5) is 12.7. The number of anilines is 1. The Morgan fingerprint density at radius 2 is 1.69 bits per heavy atom. The summed E-state index contributed by atoms with van der Waals surface area (Å²) in [5.41, 5.74) is 0.416. The molecule has 158 valence electrons. The van der Waals surface area contributed by atoms with Crippen molar-refractivity contribution < 1.29 is 27.4 Å². The first-order valence-corrected chi connectivity index (χ1v) is 9.23. The summed E-state index contributed by atoms with van der Waals surface area (Å²) in [7, 11) is 1.44. The van der Waals surface area contributed by atoms with Gasteiger partial charge in [0, 0.05) is 18.2 Å². The lowest BCUT2D eigenvalue weighted by Crippen LogP contribution is -2.32. The van der Waals surface area contributed by atoms with Crippen LogP contribution in [0.15, 0.2) is 42.5 Å². The van der Waals surface area contributed by atoms with Crippen molar-refractivity contribution in [2.45, 2.75) is 33.4 Å². The molecule has 0 aliphatic carbocycles. The molecule has 0 heterocycles. The molecule has 29 heavy (non-hydrogen) atoms. The number of nitrogens with one attached hydrogen (secondary N) is 1. The highest BCUT2D eigenvalue weighted by molar-refractivity contribution is 5.95. The van der Waals surface area contributed by atoms with E-state index in [4.69, 9.17) is 9.47 Å². The van der Waals surface area contributed by atoms with Gasteiger partial charge in [0.05, 0.1) is 12.2 Å². The number of amides is 1. The maximum atomic E-state index is 13.4. The highest BCUT2D eigenvalue weighted by atomic mass is 19.4. The van der Waals surface area contributed by atoms with Gasteiger partial charge in [0.25, 0.3) is 0 Å². The quantitative estimate of drug-likeness (QED) is 0.606. The van der Waals surface area contributed by atoms with E-state index in [0.29, 0.717) is 6.42 Å². The summed E-state index contributed by atoms with van der Waals surface area (Å²) in [6, 6.07) is 11.3. The molecular weight excluding hydrogens is 383 g/mol. The molecule has 0 aromatic heterocycles. The van der Waals surface area contributed by atoms with Crippen LogP contribution in [0.4, 0.5) is 18.9 Å². The minimum atomic E-state index is -4.61. The van der Waals surface area contributed by atoms with Crippen molar-refractivity contribution >= 4 is 11.6 Å². The van der Waals surface area contributed by atoms with Crippen LogP contribution in [-0.4, -0.2) is 26.2 Å². The Morgan fingerprint density at radius 3 is 2.28 bits per heavy atom. The predicted molar refractivity (Wildman–Crippen MR) is 106 cm³/mol. The van der Waals surface area contributed by atoms with E-state index in [2.05, 4.69) is 5.32 Å². The van der Waals surface area contributed by atoms with Crippen molar-refractivity contribution in [2.75, 3.05) is 25.6 Å². The van der Waals surface area contributed by atoms with Crippen molar-refractivity contribution in [3.05, 3.63) is 59.2 Å². The van der Waals surface area contributed by atoms with Crippen LogP contribution in [0, 0.1) is 12.3 Å². The fraction of sp³-hybridized carbons (Fsp3) is 0.409. The van der Waals surface area contributed by atoms with Gasteiger partial charge in [-0.2, -0.15) is 13.2 Å². The number of carbonyl (C=O) groups is 1. The molecule has 0 aliphatic heterocycles. The number of hydrogen-bond acceptors (Lipinski definition) is 3. The zero-order valence-corrected chi connectivity index (χ0v) is 17.0. The Balaban J connectivity index is 2.16. The Morgan fingerprint density at radius 1 is 1.03 bits per heavy atom. The van der Waals surface area contributed by atoms with Gasteiger partial charge in [-0.1, -0.05) is 43.7 Å². The fourth-order valence-corrected chi connectivity index (χ4v) is 2.79. The Bertz CT molecular complexity index is 830. The number of halogens is 3. The first kappa shape index (κ1) is 22.7. The van der Waals surface area contributed by atoms with E-state index in [1.165, 1.54) is 19.2 Å². The van der Waals surface area contributed by atoms with E-state index in [9.17, 15) is 18.0 Å². The third-order valence-corrected chi connectivity index (χ3v) is 4.47. The lowest BCUT2D eigenvalue weighted by Gasteiger charge is -2.24. The van der Waals surface area contributed by atoms with E-state index in [-0.39, 0.29) is 30.6 Å². The smallest absolute Gasteiger partial charge is 0.420 e. The van der Waals surface area contributed by atoms with Gasteiger partial charge in [0.15, 0.2) is 0 Å². The largest absolute Gasteiger partial charge is 0.491 e. The number of benzene rings is 2. The standard InChI is InChI=1S/C22H26F3NO3/c1-15-5-7-16(8-6-15)14-21(2,3)20(27)26-17-9-10-19(29-12-11-28-4)18(13-17)22(23,24)25/h5-10,13H,11-12,14H2,1-4H3,(H,26,27). The molecule has 0 saturated carbocycles. The topological polar surface area (TPSA) is 47.6 Å². The second-order valence-corrected chi connectivity index (χ2v) is 7.55. The summed E-state index contributed by atoms with van der Waals surface area (Å²) >= 11 is 0. The molecule has 0 atom stereocenters. The molecule has 0 spiro atoms. The van der Waals surface area contributed by atoms with Gasteiger partial charge in [-0.3, -0.25) is 4.79 Å². The average Bonchev–Trinajstić information content (AvgIpc) is 2.64. The van der Waals surface area contributed by atoms with Crippen LogP contribution < -0.4 is 10.1 Å². The summed E-state index contributed by atoms with van der Waals surface area (Å²) in [5.74, 6) is -0.661. The zero-order valence-electron chi connectivity index (χ0n) is 17.0. The van der Waals surface area contributed by atoms with Crippen molar-refractivity contribution in [3.8, 4) is 5.75 Å². The molecule has 0 unspecified atom stereocenters. The van der Waals surface area contributed by atoms with Gasteiger partial charge in [-0.15, -0.1) is 0 Å². The summed E-state index contributed by atoms with van der Waals surface area (Å²) in [6.07, 6.45) is -4.15. The summed E-state index contributed by atoms with van der Waals surface area (Å²) in [6.45, 7) is 5.66. The Hall–Kier alpha value is -2.54. The van der Waals surface area contributed by atoms with E-state index >= 15 is 0 Å². The minimum Gasteiger partial charge on any atom is -0.491 e. The third-order valence-electron chi connectivity index (χ3n) is 4.47. The van der Waals surface area contributed by atoms with Gasteiger partial charge in [0.1, 0.15) is 12.4 Å². The summed E-state index contributed by atoms with van der Waals surface area (Å²) in [5, 5.41) is 2.60. The van der Waals surface area contributed by atoms with Crippen LogP contribution in [0.5, 0.6) is 5.75 Å². The molecular formula is C22H26F3NO3. The summed E-state index contributed by atoms with van der Waals surface area (Å²) < 4.78 is 50.2. The fourth-order valence-electron chi connectivity index (χ4n) is 2.79. The number of ether oxygens (including phenoxy) is 2. The van der Waals surface area contributed by atoms with E-state index in [1.807, 2.05) is 31.2 Å². The van der Waals surface area contributed by atoms with Crippen molar-refractivity contribution in [1.82, 2.24) is 0 Å². The van der Waals surface area contributed by atoms with Crippen LogP contribution in [0.2, 0.25) is 0 Å². The molecule has 0 fully saturated rings. The number of carbonyl (C=O) groups excluding carboxylic acids is 1. The molecule has 2 aromatic rings. The van der Waals surface area contributed by atoms with Crippen LogP contribution in [0.3, 0.4) is 0 Å². The van der Waals surface area contributed by atoms with Crippen LogP contribution in [0.1, 0.15) is 30.5 Å². The van der Waals surface area contributed by atoms with Crippen LogP contribution in [-0.2, 0) is 22.1 Å². The monoisotopic (exact) mass is 409 g/mol. The molecule has 1 amide bonds. The van der Waals surface area contributed by atoms with Crippen molar-refractivity contribution in [1.29, 1.82) is 0 Å². The van der Waals surface area contributed by atoms with Gasteiger partial charge < -0.3 is 14.8 Å². The SMILES string of the molecule is COCCOc1ccc(NC(=O)C(C)(C)Cc2ccc(C)cc2)cc1C(F)(F)F. The van der Waals surface area contributed by atoms with E-state index < -0.39 is 17.2 Å². The Labute approximate surface area is 169 Å². The van der Waals surface area contributed by atoms with Gasteiger partial charge in [0.2, 0.25) is 5.91 Å². The second-order valence-electron chi connectivity index (χ2n) is 7.55. The molecule has 2 aromatic carbocycles. The van der Waals surface area contributed by atoms with Gasteiger partial charge in [-0.25, -0.2) is 0 Å². The van der Waals surface area contributed by atoms with Crippen LogP contribution >= 0.6 is 0 Å². The molecule has 0 saturated heterocycles. The highest BCUT2D eigenvalue weighted by Crippen LogP contribution is 2.38. The molecule has 1 N–H and O–H groups in total. The number of methoxy groups -OCH3 is 1. The minimum absolute atomic E-state index is 0.00509. The average molecular weight is 409 g/mol. The highest BCUT2D eigenvalue weighted by Gasteiger charge is 2.35. The predicted octanol–water partition coefficient (Wildman–Crippen LogP) is 5.25. The molecule has 4 nitrogen and oxygen atoms in total. The number of rotatable bonds is 8. The van der Waals surface area contributed by atoms with E-state index in [1.54, 1.807) is 13.8 Å². The third kappa shape index (κ3) is 6.49. The van der Waals surface area contributed by atoms with Crippen molar-refractivity contribution in [3.63, 3.8) is 0 Å². The first-order chi connectivity index (χ1) is 13.5. The first-order valence-electron chi connectivity index (χ1n) is 9.23. The lowest BCUT2D eigenvalue weighted by atomic mass is 9.84. The Kier molecular flexibility index (Phi) is 7.30. The van der Waals surface area contributed by atoms with Crippen molar-refractivity contribution in [2.24, 2.45) is 5.41 Å². The van der Waals surface area contributed by atoms with Crippen LogP contribution in [0.25, 0.3) is 0 Å². The number of aryl methyl sites for hydroxylation is 1. The van der Waals surface area contributed by atoms with Gasteiger partial charge >= 0.3 is 6.18 Å². The second kappa shape index (κ2) is 9.31. The zero-order chi connectivity index (χ0) is 21.7.